The van der Waals surface area contributed by atoms with Crippen molar-refractivity contribution in [2.45, 2.75) is 137 Å². The predicted molar refractivity (Wildman–Crippen MR) is 247 cm³/mol. The summed E-state index contributed by atoms with van der Waals surface area (Å²) in [6.45, 7) is 22.8. The number of aliphatic hydroxyl groups excluding tert-OH is 1. The van der Waals surface area contributed by atoms with Gasteiger partial charge in [0.1, 0.15) is 24.7 Å². The molecule has 1 aliphatic heterocycles. The van der Waals surface area contributed by atoms with Crippen molar-refractivity contribution in [2.24, 2.45) is 22.7 Å². The second-order valence-corrected chi connectivity index (χ2v) is 23.6. The molecule has 0 saturated heterocycles. The fourth-order valence-electron chi connectivity index (χ4n) is 6.65. The van der Waals surface area contributed by atoms with Gasteiger partial charge in [-0.05, 0) is 50.2 Å². The van der Waals surface area contributed by atoms with E-state index in [0.29, 0.717) is 30.6 Å². The highest BCUT2D eigenvalue weighted by Crippen LogP contribution is 2.43. The normalized spacial score (nSPS) is 27.0. The maximum Gasteiger partial charge on any atom is 0.360 e. The van der Waals surface area contributed by atoms with Crippen LogP contribution in [0.4, 0.5) is 0 Å². The van der Waals surface area contributed by atoms with Crippen LogP contribution in [0.1, 0.15) is 114 Å². The average molecular weight is 871 g/mol. The van der Waals surface area contributed by atoms with Crippen molar-refractivity contribution in [1.82, 2.24) is 9.97 Å². The number of oxazole rings is 2. The van der Waals surface area contributed by atoms with Gasteiger partial charge in [-0.15, -0.1) is 0 Å². The van der Waals surface area contributed by atoms with Crippen molar-refractivity contribution in [1.29, 1.82) is 0 Å². The minimum atomic E-state index is -2.22. The molecular weight excluding hydrogens is 801 g/mol. The van der Waals surface area contributed by atoms with E-state index < -0.39 is 49.4 Å². The molecule has 1 fully saturated rings. The Hall–Kier alpha value is -4.62. The Morgan fingerprint density at radius 1 is 0.758 bits per heavy atom. The number of fused-ring (bicyclic) bond motifs is 5. The number of carbonyl (C=O) groups is 2. The first-order valence-electron chi connectivity index (χ1n) is 21.7. The zero-order chi connectivity index (χ0) is 45.7. The molecule has 0 unspecified atom stereocenters. The SMILES string of the molecule is C/C=C/[C@H](O[Si](C)(C)C(C)(C)C)C(C)(C)[C@@H]1C\C=C/C=C\C=C\[C@H](OC)Cc2nc(co2)C(=O)O[C@H](C(C)(C)[C@@H](O)/C=C/C)C/C=C\[C@H]2C[C@H]2/C=C/C=C\c2nc(co2)C(=O)O1. The number of nitrogens with zero attached hydrogens (tertiary/aromatic N) is 2. The molecule has 0 radical (unpaired) electrons. The quantitative estimate of drug-likeness (QED) is 0.146. The summed E-state index contributed by atoms with van der Waals surface area (Å²) in [5, 5.41) is 11.0. The summed E-state index contributed by atoms with van der Waals surface area (Å²) in [5.74, 6) is 0.0694. The van der Waals surface area contributed by atoms with Gasteiger partial charge < -0.3 is 32.6 Å². The average Bonchev–Trinajstić information content (AvgIpc) is 3.52. The number of hydrogen-bond donors (Lipinski definition) is 1. The summed E-state index contributed by atoms with van der Waals surface area (Å²) >= 11 is 0. The molecule has 3 heterocycles. The van der Waals surface area contributed by atoms with Crippen LogP contribution in [0.25, 0.3) is 6.08 Å². The number of ether oxygens (including phenoxy) is 3. The van der Waals surface area contributed by atoms with E-state index in [2.05, 4.69) is 75.9 Å². The minimum absolute atomic E-state index is 0.0237. The Balaban J connectivity index is 1.63. The molecule has 7 atom stereocenters. The zero-order valence-corrected chi connectivity index (χ0v) is 39.9. The number of methoxy groups -OCH3 is 1. The van der Waals surface area contributed by atoms with E-state index in [1.807, 2.05) is 88.5 Å². The number of hydrogen-bond acceptors (Lipinski definition) is 11. The molecule has 11 nitrogen and oxygen atoms in total. The molecule has 1 saturated carbocycles. The van der Waals surface area contributed by atoms with Gasteiger partial charge in [-0.25, -0.2) is 19.6 Å². The molecule has 2 aromatic rings. The van der Waals surface area contributed by atoms with E-state index in [4.69, 9.17) is 27.5 Å². The van der Waals surface area contributed by atoms with Gasteiger partial charge in [-0.2, -0.15) is 0 Å². The lowest BCUT2D eigenvalue weighted by Gasteiger charge is -2.45. The van der Waals surface area contributed by atoms with Crippen LogP contribution in [0.5, 0.6) is 0 Å². The molecule has 2 aromatic heterocycles. The van der Waals surface area contributed by atoms with Gasteiger partial charge in [0.25, 0.3) is 0 Å². The number of allylic oxidation sites excluding steroid dienone is 10. The topological polar surface area (TPSA) is 143 Å². The van der Waals surface area contributed by atoms with E-state index in [0.717, 1.165) is 6.42 Å². The zero-order valence-electron chi connectivity index (χ0n) is 38.9. The third kappa shape index (κ3) is 13.9. The molecule has 338 valence electrons. The fraction of sp³-hybridized carbons (Fsp3) is 0.520. The van der Waals surface area contributed by atoms with E-state index in [1.165, 1.54) is 12.5 Å². The lowest BCUT2D eigenvalue weighted by Crippen LogP contribution is -2.51. The Labute approximate surface area is 370 Å². The van der Waals surface area contributed by atoms with E-state index in [1.54, 1.807) is 25.3 Å². The Kier molecular flexibility index (Phi) is 17.9. The van der Waals surface area contributed by atoms with Crippen molar-refractivity contribution in [3.8, 4) is 0 Å². The molecule has 1 N–H and O–H groups in total. The third-order valence-electron chi connectivity index (χ3n) is 12.3. The van der Waals surface area contributed by atoms with Crippen LogP contribution in [-0.4, -0.2) is 73.0 Å². The number of aliphatic hydroxyl groups is 1. The Bertz CT molecular complexity index is 2020. The summed E-state index contributed by atoms with van der Waals surface area (Å²) in [4.78, 5) is 36.0. The molecule has 62 heavy (non-hydrogen) atoms. The summed E-state index contributed by atoms with van der Waals surface area (Å²) in [6.07, 6.45) is 32.6. The molecular formula is C50H70N2O9Si. The summed E-state index contributed by atoms with van der Waals surface area (Å²) in [5.41, 5.74) is -1.30. The fourth-order valence-corrected chi connectivity index (χ4v) is 8.02. The van der Waals surface area contributed by atoms with Crippen LogP contribution in [-0.2, 0) is 25.1 Å². The summed E-state index contributed by atoms with van der Waals surface area (Å²) in [6, 6.07) is 0. The molecule has 2 aliphatic rings. The van der Waals surface area contributed by atoms with Crippen LogP contribution in [0.2, 0.25) is 18.1 Å². The summed E-state index contributed by atoms with van der Waals surface area (Å²) in [7, 11) is -0.628. The maximum absolute atomic E-state index is 13.7. The number of rotatable bonds is 9. The van der Waals surface area contributed by atoms with Gasteiger partial charge in [0, 0.05) is 36.9 Å². The highest BCUT2D eigenvalue weighted by molar-refractivity contribution is 6.74. The highest BCUT2D eigenvalue weighted by Gasteiger charge is 2.46. The molecule has 0 aromatic carbocycles. The van der Waals surface area contributed by atoms with E-state index in [-0.39, 0.29) is 40.9 Å². The molecule has 12 heteroatoms. The number of cyclic esters (lactones) is 2. The second kappa shape index (κ2) is 22.1. The molecule has 4 rings (SSSR count). The Morgan fingerprint density at radius 3 is 2.02 bits per heavy atom. The van der Waals surface area contributed by atoms with Crippen LogP contribution >= 0.6 is 0 Å². The van der Waals surface area contributed by atoms with Crippen molar-refractivity contribution in [2.75, 3.05) is 7.11 Å². The lowest BCUT2D eigenvalue weighted by molar-refractivity contribution is -0.0457. The number of carbonyl (C=O) groups excluding carboxylic acids is 2. The largest absolute Gasteiger partial charge is 0.457 e. The lowest BCUT2D eigenvalue weighted by atomic mass is 9.79. The van der Waals surface area contributed by atoms with Gasteiger partial charge >= 0.3 is 11.9 Å². The Morgan fingerprint density at radius 2 is 1.35 bits per heavy atom. The van der Waals surface area contributed by atoms with Crippen molar-refractivity contribution < 1.29 is 42.2 Å². The second-order valence-electron chi connectivity index (χ2n) is 18.8. The maximum atomic E-state index is 13.7. The molecule has 1 aliphatic carbocycles. The number of aromatic nitrogens is 2. The van der Waals surface area contributed by atoms with Gasteiger partial charge in [0.15, 0.2) is 25.6 Å². The van der Waals surface area contributed by atoms with Gasteiger partial charge in [-0.1, -0.05) is 140 Å². The van der Waals surface area contributed by atoms with Gasteiger partial charge in [0.05, 0.1) is 24.7 Å². The smallest absolute Gasteiger partial charge is 0.360 e. The predicted octanol–water partition coefficient (Wildman–Crippen LogP) is 11.2. The van der Waals surface area contributed by atoms with Crippen LogP contribution in [0, 0.1) is 22.7 Å². The first-order valence-corrected chi connectivity index (χ1v) is 24.6. The standard InChI is InChI=1S/C50H70N2O9Si/c1-13-23-40(53)49(6,7)41-29-22-26-36-31-35(36)25-20-21-30-44-51-38(33-57-44)46(54)60-42(50(8,9)43(24-14-2)61-62(11,12)48(3,4)5)28-19-17-15-16-18-27-37(56-10)32-45-52-39(34-58-45)47(55)59-41/h13-27,30,33-37,40-43,53H,28-29,31-32H2,1-12H3/b16-15-,19-17-,23-13+,24-14+,25-20+,26-22-,27-18+,30-21-/t35-,36+,37+,40+,41+,42+,43+/m1/s1. The van der Waals surface area contributed by atoms with E-state index in [9.17, 15) is 14.7 Å². The van der Waals surface area contributed by atoms with Crippen LogP contribution < -0.4 is 0 Å². The minimum Gasteiger partial charge on any atom is -0.457 e. The van der Waals surface area contributed by atoms with Crippen molar-refractivity contribution >= 4 is 26.3 Å². The third-order valence-corrected chi connectivity index (χ3v) is 16.7. The number of esters is 2. The monoisotopic (exact) mass is 870 g/mol. The van der Waals surface area contributed by atoms with Crippen LogP contribution in [0.15, 0.2) is 113 Å². The molecule has 4 bridgehead atoms. The summed E-state index contributed by atoms with van der Waals surface area (Å²) < 4.78 is 36.3. The first-order chi connectivity index (χ1) is 29.2. The van der Waals surface area contributed by atoms with E-state index >= 15 is 0 Å². The highest BCUT2D eigenvalue weighted by atomic mass is 28.4. The molecule has 0 amide bonds. The first kappa shape index (κ1) is 50.0. The van der Waals surface area contributed by atoms with Crippen molar-refractivity contribution in [3.63, 3.8) is 0 Å². The van der Waals surface area contributed by atoms with Gasteiger partial charge in [-0.3, -0.25) is 0 Å². The van der Waals surface area contributed by atoms with Gasteiger partial charge in [0.2, 0.25) is 5.89 Å². The molecule has 0 spiro atoms. The van der Waals surface area contributed by atoms with Crippen molar-refractivity contribution in [3.05, 3.63) is 127 Å². The van der Waals surface area contributed by atoms with Crippen LogP contribution in [0.3, 0.4) is 0 Å².